The summed E-state index contributed by atoms with van der Waals surface area (Å²) in [4.78, 5) is 19.1. The number of ether oxygens (including phenoxy) is 1. The third-order valence-corrected chi connectivity index (χ3v) is 2.73. The van der Waals surface area contributed by atoms with Crippen LogP contribution >= 0.6 is 0 Å². The number of carbonyl (C=O) groups is 1. The number of nitrogen functional groups attached to an aromatic ring is 1. The minimum absolute atomic E-state index is 0.0821. The van der Waals surface area contributed by atoms with Gasteiger partial charge in [-0.1, -0.05) is 0 Å². The van der Waals surface area contributed by atoms with Crippen molar-refractivity contribution in [3.8, 4) is 5.88 Å². The molecule has 4 N–H and O–H groups in total. The molecule has 1 aliphatic rings. The van der Waals surface area contributed by atoms with Crippen molar-refractivity contribution in [2.45, 2.75) is 25.8 Å². The maximum absolute atomic E-state index is 11.1. The molecule has 1 fully saturated rings. The molecule has 1 saturated heterocycles. The average Bonchev–Trinajstić information content (AvgIpc) is 2.37. The van der Waals surface area contributed by atoms with E-state index in [4.69, 9.17) is 10.5 Å². The van der Waals surface area contributed by atoms with Gasteiger partial charge in [0.15, 0.2) is 5.82 Å². The highest BCUT2D eigenvalue weighted by molar-refractivity contribution is 5.77. The molecule has 1 unspecified atom stereocenters. The molecule has 1 aromatic rings. The summed E-state index contributed by atoms with van der Waals surface area (Å²) in [6.45, 7) is 2.94. The molecule has 1 aliphatic heterocycles. The van der Waals surface area contributed by atoms with Crippen molar-refractivity contribution in [1.82, 2.24) is 15.3 Å². The zero-order valence-electron chi connectivity index (χ0n) is 10.3. The van der Waals surface area contributed by atoms with E-state index in [-0.39, 0.29) is 11.9 Å². The monoisotopic (exact) mass is 251 g/mol. The fourth-order valence-corrected chi connectivity index (χ4v) is 1.80. The van der Waals surface area contributed by atoms with E-state index in [9.17, 15) is 4.79 Å². The van der Waals surface area contributed by atoms with Crippen molar-refractivity contribution in [3.63, 3.8) is 0 Å². The molecule has 7 heteroatoms. The molecule has 0 aromatic carbocycles. The second-order valence-electron chi connectivity index (χ2n) is 4.06. The van der Waals surface area contributed by atoms with Crippen LogP contribution in [-0.2, 0) is 4.79 Å². The van der Waals surface area contributed by atoms with E-state index in [1.54, 1.807) is 0 Å². The van der Waals surface area contributed by atoms with Gasteiger partial charge in [-0.3, -0.25) is 4.79 Å². The second-order valence-corrected chi connectivity index (χ2v) is 4.06. The first kappa shape index (κ1) is 12.4. The number of nitrogens with two attached hydrogens (primary N) is 1. The zero-order valence-corrected chi connectivity index (χ0v) is 10.3. The molecule has 0 bridgehead atoms. The molecule has 1 aromatic heterocycles. The van der Waals surface area contributed by atoms with E-state index < -0.39 is 0 Å². The molecular formula is C11H17N5O2. The van der Waals surface area contributed by atoms with Crippen molar-refractivity contribution in [1.29, 1.82) is 0 Å². The van der Waals surface area contributed by atoms with E-state index in [0.29, 0.717) is 37.0 Å². The topological polar surface area (TPSA) is 102 Å². The van der Waals surface area contributed by atoms with Gasteiger partial charge in [-0.05, 0) is 13.3 Å². The van der Waals surface area contributed by atoms with Crippen LogP contribution in [-0.4, -0.2) is 35.1 Å². The lowest BCUT2D eigenvalue weighted by atomic mass is 10.1. The molecule has 2 heterocycles. The third kappa shape index (κ3) is 2.79. The molecule has 1 atom stereocenters. The van der Waals surface area contributed by atoms with Crippen LogP contribution in [0.3, 0.4) is 0 Å². The Bertz CT molecular complexity index is 427. The summed E-state index contributed by atoms with van der Waals surface area (Å²) in [6.07, 6.45) is 2.69. The lowest BCUT2D eigenvalue weighted by Crippen LogP contribution is -2.42. The van der Waals surface area contributed by atoms with Gasteiger partial charge in [-0.15, -0.1) is 0 Å². The Balaban J connectivity index is 2.04. The molecule has 7 nitrogen and oxygen atoms in total. The van der Waals surface area contributed by atoms with Gasteiger partial charge in [-0.2, -0.15) is 4.98 Å². The van der Waals surface area contributed by atoms with Crippen LogP contribution in [0, 0.1) is 0 Å². The van der Waals surface area contributed by atoms with E-state index in [1.165, 1.54) is 6.33 Å². The minimum atomic E-state index is 0.0821. The van der Waals surface area contributed by atoms with Crippen LogP contribution in [0.2, 0.25) is 0 Å². The summed E-state index contributed by atoms with van der Waals surface area (Å²) in [5.74, 6) is 1.02. The van der Waals surface area contributed by atoms with Crippen LogP contribution in [0.25, 0.3) is 0 Å². The number of anilines is 2. The number of nitrogens with one attached hydrogen (secondary N) is 2. The molecule has 0 spiro atoms. The van der Waals surface area contributed by atoms with Crippen molar-refractivity contribution in [2.24, 2.45) is 0 Å². The number of carbonyl (C=O) groups excluding carboxylic acids is 1. The lowest BCUT2D eigenvalue weighted by Gasteiger charge is -2.24. The Hall–Kier alpha value is -2.05. The Kier molecular flexibility index (Phi) is 3.81. The van der Waals surface area contributed by atoms with Crippen LogP contribution in [0.4, 0.5) is 11.5 Å². The van der Waals surface area contributed by atoms with Crippen molar-refractivity contribution >= 4 is 17.4 Å². The number of rotatable bonds is 4. The van der Waals surface area contributed by atoms with Crippen LogP contribution in [0.15, 0.2) is 6.33 Å². The van der Waals surface area contributed by atoms with Gasteiger partial charge < -0.3 is 21.1 Å². The van der Waals surface area contributed by atoms with Gasteiger partial charge in [0, 0.05) is 19.0 Å². The third-order valence-electron chi connectivity index (χ3n) is 2.73. The highest BCUT2D eigenvalue weighted by atomic mass is 16.5. The van der Waals surface area contributed by atoms with Gasteiger partial charge in [0.2, 0.25) is 11.8 Å². The van der Waals surface area contributed by atoms with E-state index >= 15 is 0 Å². The summed E-state index contributed by atoms with van der Waals surface area (Å²) in [7, 11) is 0. The Morgan fingerprint density at radius 1 is 1.61 bits per heavy atom. The lowest BCUT2D eigenvalue weighted by molar-refractivity contribution is -0.122. The number of hydrogen-bond donors (Lipinski definition) is 3. The summed E-state index contributed by atoms with van der Waals surface area (Å²) in [6, 6.07) is 0.134. The smallest absolute Gasteiger partial charge is 0.242 e. The molecule has 0 radical (unpaired) electrons. The van der Waals surface area contributed by atoms with E-state index in [0.717, 1.165) is 6.42 Å². The number of amides is 1. The number of aromatic nitrogens is 2. The first-order valence-electron chi connectivity index (χ1n) is 5.97. The molecule has 1 amide bonds. The quantitative estimate of drug-likeness (QED) is 0.704. The number of piperidine rings is 1. The number of nitrogens with zero attached hydrogens (tertiary/aromatic N) is 2. The highest BCUT2D eigenvalue weighted by Crippen LogP contribution is 2.25. The fourth-order valence-electron chi connectivity index (χ4n) is 1.80. The molecule has 0 saturated carbocycles. The first-order valence-corrected chi connectivity index (χ1v) is 5.97. The highest BCUT2D eigenvalue weighted by Gasteiger charge is 2.19. The standard InChI is InChI=1S/C11H17N5O2/c1-2-18-11-9(12)10(14-6-15-11)16-7-3-4-8(17)13-5-7/h6-7H,2-5,12H2,1H3,(H,13,17)(H,14,15,16). The average molecular weight is 251 g/mol. The predicted molar refractivity (Wildman–Crippen MR) is 67.3 cm³/mol. The van der Waals surface area contributed by atoms with Crippen molar-refractivity contribution < 1.29 is 9.53 Å². The van der Waals surface area contributed by atoms with Crippen LogP contribution < -0.4 is 21.1 Å². The Labute approximate surface area is 105 Å². The van der Waals surface area contributed by atoms with Crippen LogP contribution in [0.1, 0.15) is 19.8 Å². The maximum Gasteiger partial charge on any atom is 0.242 e. The predicted octanol–water partition coefficient (Wildman–Crippen LogP) is 0.148. The molecule has 2 rings (SSSR count). The molecule has 98 valence electrons. The number of hydrogen-bond acceptors (Lipinski definition) is 6. The van der Waals surface area contributed by atoms with Crippen molar-refractivity contribution in [2.75, 3.05) is 24.2 Å². The van der Waals surface area contributed by atoms with Gasteiger partial charge in [0.05, 0.1) is 6.61 Å². The van der Waals surface area contributed by atoms with Gasteiger partial charge in [0.25, 0.3) is 0 Å². The summed E-state index contributed by atoms with van der Waals surface area (Å²) >= 11 is 0. The summed E-state index contributed by atoms with van der Waals surface area (Å²) < 4.78 is 5.30. The Morgan fingerprint density at radius 2 is 2.44 bits per heavy atom. The zero-order chi connectivity index (χ0) is 13.0. The summed E-state index contributed by atoms with van der Waals surface area (Å²) in [5.41, 5.74) is 6.31. The molecular weight excluding hydrogens is 234 g/mol. The largest absolute Gasteiger partial charge is 0.476 e. The second kappa shape index (κ2) is 5.52. The van der Waals surface area contributed by atoms with Crippen LogP contribution in [0.5, 0.6) is 5.88 Å². The SMILES string of the molecule is CCOc1ncnc(NC2CCC(=O)NC2)c1N. The van der Waals surface area contributed by atoms with Crippen molar-refractivity contribution in [3.05, 3.63) is 6.33 Å². The molecule has 18 heavy (non-hydrogen) atoms. The maximum atomic E-state index is 11.1. The van der Waals surface area contributed by atoms with E-state index in [2.05, 4.69) is 20.6 Å². The normalized spacial score (nSPS) is 19.2. The van der Waals surface area contributed by atoms with E-state index in [1.807, 2.05) is 6.92 Å². The van der Waals surface area contributed by atoms with Gasteiger partial charge >= 0.3 is 0 Å². The first-order chi connectivity index (χ1) is 8.70. The Morgan fingerprint density at radius 3 is 3.11 bits per heavy atom. The van der Waals surface area contributed by atoms with Gasteiger partial charge in [-0.25, -0.2) is 4.98 Å². The molecule has 0 aliphatic carbocycles. The minimum Gasteiger partial charge on any atom is -0.476 e. The fraction of sp³-hybridized carbons (Fsp3) is 0.545. The summed E-state index contributed by atoms with van der Waals surface area (Å²) in [5, 5.41) is 5.99. The van der Waals surface area contributed by atoms with Gasteiger partial charge in [0.1, 0.15) is 12.0 Å².